The van der Waals surface area contributed by atoms with Crippen LogP contribution in [0.1, 0.15) is 49.3 Å². The number of aryl methyl sites for hydroxylation is 2. The van der Waals surface area contributed by atoms with Gasteiger partial charge in [-0.15, -0.1) is 0 Å². The van der Waals surface area contributed by atoms with Crippen LogP contribution < -0.4 is 25.8 Å². The summed E-state index contributed by atoms with van der Waals surface area (Å²) >= 11 is 0. The van der Waals surface area contributed by atoms with Gasteiger partial charge in [-0.25, -0.2) is 14.5 Å². The summed E-state index contributed by atoms with van der Waals surface area (Å²) in [7, 11) is 0. The molecule has 0 saturated carbocycles. The molecule has 2 aromatic heterocycles. The number of anilines is 2. The van der Waals surface area contributed by atoms with E-state index in [1.165, 1.54) is 0 Å². The number of para-hydroxylation sites is 1. The number of carbonyl (C=O) groups excluding carboxylic acids is 1. The summed E-state index contributed by atoms with van der Waals surface area (Å²) in [4.78, 5) is 27.1. The second-order valence-electron chi connectivity index (χ2n) is 11.5. The zero-order valence-corrected chi connectivity index (χ0v) is 28.2. The number of carboxylic acids is 1. The second-order valence-corrected chi connectivity index (χ2v) is 11.5. The second kappa shape index (κ2) is 16.1. The van der Waals surface area contributed by atoms with E-state index in [2.05, 4.69) is 20.7 Å². The van der Waals surface area contributed by atoms with Crippen molar-refractivity contribution in [3.8, 4) is 17.2 Å². The van der Waals surface area contributed by atoms with Crippen molar-refractivity contribution in [2.45, 2.75) is 59.5 Å². The van der Waals surface area contributed by atoms with Crippen LogP contribution in [-0.2, 0) is 16.1 Å². The molecule has 0 saturated heterocycles. The van der Waals surface area contributed by atoms with Gasteiger partial charge in [-0.2, -0.15) is 18.3 Å². The highest BCUT2D eigenvalue weighted by molar-refractivity contribution is 5.94. The maximum atomic E-state index is 14.0. The lowest BCUT2D eigenvalue weighted by Gasteiger charge is -2.23. The molecule has 1 unspecified atom stereocenters. The fourth-order valence-corrected chi connectivity index (χ4v) is 5.11. The number of carbonyl (C=O) groups is 2. The molecule has 0 fully saturated rings. The Balaban J connectivity index is 0.000000727. The molecule has 14 heteroatoms. The number of aromatic nitrogens is 3. The average Bonchev–Trinajstić information content (AvgIpc) is 3.40. The highest BCUT2D eigenvalue weighted by Gasteiger charge is 2.38. The number of nitrogens with two attached hydrogens (primary N) is 1. The van der Waals surface area contributed by atoms with Gasteiger partial charge in [0.1, 0.15) is 11.9 Å². The van der Waals surface area contributed by atoms with Crippen LogP contribution in [0.4, 0.5) is 24.7 Å². The van der Waals surface area contributed by atoms with E-state index < -0.39 is 18.2 Å². The highest BCUT2D eigenvalue weighted by atomic mass is 19.4. The van der Waals surface area contributed by atoms with Crippen molar-refractivity contribution in [3.63, 3.8) is 0 Å². The van der Waals surface area contributed by atoms with Gasteiger partial charge in [0.25, 0.3) is 0 Å². The van der Waals surface area contributed by atoms with E-state index in [0.29, 0.717) is 30.5 Å². The quantitative estimate of drug-likeness (QED) is 0.116. The smallest absolute Gasteiger partial charge is 0.490 e. The molecule has 264 valence electrons. The topological polar surface area (TPSA) is 154 Å². The summed E-state index contributed by atoms with van der Waals surface area (Å²) in [5.74, 6) is -1.28. The monoisotopic (exact) mass is 692 g/mol. The first-order chi connectivity index (χ1) is 23.7. The van der Waals surface area contributed by atoms with Gasteiger partial charge >= 0.3 is 12.1 Å². The fourth-order valence-electron chi connectivity index (χ4n) is 5.11. The molecule has 0 spiro atoms. The minimum atomic E-state index is -5.08. The molecule has 0 radical (unpaired) electrons. The van der Waals surface area contributed by atoms with E-state index in [9.17, 15) is 18.0 Å². The SMILES string of the molecule is CCOc1cc(C(Nc2ccc3c(N)nccc3c2)C(=O)NCc2ccccc2-n2nc(C)cc2C)ccc1OC(C)C.O=C(O)C(F)(F)F. The predicted molar refractivity (Wildman–Crippen MR) is 184 cm³/mol. The summed E-state index contributed by atoms with van der Waals surface area (Å²) < 4.78 is 45.5. The fraction of sp³-hybridized carbons (Fsp3) is 0.278. The molecule has 50 heavy (non-hydrogen) atoms. The Kier molecular flexibility index (Phi) is 11.9. The molecular formula is C36H39F3N6O5. The molecule has 2 heterocycles. The molecular weight excluding hydrogens is 653 g/mol. The molecule has 0 bridgehead atoms. The van der Waals surface area contributed by atoms with E-state index in [1.807, 2.05) is 112 Å². The number of amides is 1. The number of hydrogen-bond acceptors (Lipinski definition) is 8. The zero-order valence-electron chi connectivity index (χ0n) is 28.2. The van der Waals surface area contributed by atoms with E-state index in [0.717, 1.165) is 44.7 Å². The summed E-state index contributed by atoms with van der Waals surface area (Å²) in [5, 5.41) is 20.1. The Morgan fingerprint density at radius 3 is 2.36 bits per heavy atom. The molecule has 5 rings (SSSR count). The van der Waals surface area contributed by atoms with Gasteiger partial charge < -0.3 is 30.9 Å². The van der Waals surface area contributed by atoms with Crippen LogP contribution in [0.2, 0.25) is 0 Å². The van der Waals surface area contributed by atoms with E-state index in [-0.39, 0.29) is 12.0 Å². The van der Waals surface area contributed by atoms with Crippen molar-refractivity contribution < 1.29 is 37.3 Å². The molecule has 5 aromatic rings. The molecule has 1 amide bonds. The third kappa shape index (κ3) is 9.43. The Hall–Kier alpha value is -5.79. The number of aliphatic carboxylic acids is 1. The van der Waals surface area contributed by atoms with Crippen molar-refractivity contribution in [2.75, 3.05) is 17.7 Å². The number of hydrogen-bond donors (Lipinski definition) is 4. The zero-order chi connectivity index (χ0) is 36.6. The van der Waals surface area contributed by atoms with Crippen LogP contribution in [0.3, 0.4) is 0 Å². The number of nitrogens with zero attached hydrogens (tertiary/aromatic N) is 3. The number of nitrogens with one attached hydrogen (secondary N) is 2. The lowest BCUT2D eigenvalue weighted by atomic mass is 10.0. The summed E-state index contributed by atoms with van der Waals surface area (Å²) in [5.41, 5.74) is 11.4. The van der Waals surface area contributed by atoms with Gasteiger partial charge in [-0.05, 0) is 99.7 Å². The first-order valence-corrected chi connectivity index (χ1v) is 15.7. The number of pyridine rings is 1. The van der Waals surface area contributed by atoms with Crippen molar-refractivity contribution in [2.24, 2.45) is 0 Å². The molecule has 3 aromatic carbocycles. The number of carboxylic acid groups (broad SMARTS) is 1. The van der Waals surface area contributed by atoms with E-state index >= 15 is 0 Å². The molecule has 11 nitrogen and oxygen atoms in total. The molecule has 0 aliphatic carbocycles. The number of halogens is 3. The van der Waals surface area contributed by atoms with Gasteiger partial charge in [-0.3, -0.25) is 4.79 Å². The maximum absolute atomic E-state index is 14.0. The van der Waals surface area contributed by atoms with Crippen LogP contribution in [0.25, 0.3) is 16.5 Å². The molecule has 1 atom stereocenters. The minimum Gasteiger partial charge on any atom is -0.490 e. The average molecular weight is 693 g/mol. The Morgan fingerprint density at radius 1 is 1.00 bits per heavy atom. The first kappa shape index (κ1) is 37.0. The Morgan fingerprint density at radius 2 is 1.72 bits per heavy atom. The third-order valence-electron chi connectivity index (χ3n) is 7.26. The standard InChI is InChI=1S/C34H38N6O3.C2HF3O2/c1-6-42-31-19-25(11-14-30(31)43-21(2)3)32(38-27-12-13-28-24(18-27)15-16-36-33(28)35)34(41)37-20-26-9-7-8-10-29(26)40-23(5)17-22(4)39-40;3-2(4,5)1(6)7/h7-19,21,32,38H,6,20H2,1-5H3,(H2,35,36)(H,37,41);(H,6,7). The van der Waals surface area contributed by atoms with Crippen LogP contribution in [-0.4, -0.2) is 50.6 Å². The summed E-state index contributed by atoms with van der Waals surface area (Å²) in [6.07, 6.45) is -3.43. The number of alkyl halides is 3. The van der Waals surface area contributed by atoms with Gasteiger partial charge in [0, 0.05) is 29.5 Å². The Bertz CT molecular complexity index is 1960. The van der Waals surface area contributed by atoms with Crippen molar-refractivity contribution >= 4 is 34.2 Å². The summed E-state index contributed by atoms with van der Waals surface area (Å²) in [6.45, 7) is 10.6. The van der Waals surface area contributed by atoms with Crippen molar-refractivity contribution in [1.29, 1.82) is 0 Å². The number of nitrogen functional groups attached to an aromatic ring is 1. The van der Waals surface area contributed by atoms with Crippen LogP contribution in [0.15, 0.2) is 79.0 Å². The normalized spacial score (nSPS) is 11.8. The molecule has 0 aliphatic heterocycles. The van der Waals surface area contributed by atoms with Gasteiger partial charge in [0.2, 0.25) is 5.91 Å². The number of ether oxygens (including phenoxy) is 2. The lowest BCUT2D eigenvalue weighted by molar-refractivity contribution is -0.192. The van der Waals surface area contributed by atoms with E-state index in [1.54, 1.807) is 6.20 Å². The highest BCUT2D eigenvalue weighted by Crippen LogP contribution is 2.33. The van der Waals surface area contributed by atoms with Crippen LogP contribution in [0, 0.1) is 13.8 Å². The summed E-state index contributed by atoms with van der Waals surface area (Å²) in [6, 6.07) is 22.5. The van der Waals surface area contributed by atoms with Crippen molar-refractivity contribution in [3.05, 3.63) is 102 Å². The third-order valence-corrected chi connectivity index (χ3v) is 7.26. The van der Waals surface area contributed by atoms with Gasteiger partial charge in [0.15, 0.2) is 11.5 Å². The molecule has 0 aliphatic rings. The number of rotatable bonds is 11. The largest absolute Gasteiger partial charge is 0.490 e. The first-order valence-electron chi connectivity index (χ1n) is 15.7. The molecule has 5 N–H and O–H groups in total. The predicted octanol–water partition coefficient (Wildman–Crippen LogP) is 6.91. The maximum Gasteiger partial charge on any atom is 0.490 e. The van der Waals surface area contributed by atoms with Gasteiger partial charge in [-0.1, -0.05) is 24.3 Å². The number of fused-ring (bicyclic) bond motifs is 1. The van der Waals surface area contributed by atoms with Crippen LogP contribution >= 0.6 is 0 Å². The Labute approximate surface area is 287 Å². The van der Waals surface area contributed by atoms with Crippen molar-refractivity contribution in [1.82, 2.24) is 20.1 Å². The minimum absolute atomic E-state index is 0.0240. The lowest BCUT2D eigenvalue weighted by Crippen LogP contribution is -2.33. The van der Waals surface area contributed by atoms with Gasteiger partial charge in [0.05, 0.1) is 24.1 Å². The van der Waals surface area contributed by atoms with Crippen LogP contribution in [0.5, 0.6) is 11.5 Å². The van der Waals surface area contributed by atoms with E-state index in [4.69, 9.17) is 25.1 Å². The number of benzene rings is 3.